The van der Waals surface area contributed by atoms with E-state index in [4.69, 9.17) is 4.74 Å². The van der Waals surface area contributed by atoms with Crippen molar-refractivity contribution in [2.75, 3.05) is 32.1 Å². The second-order valence-corrected chi connectivity index (χ2v) is 8.49. The minimum absolute atomic E-state index is 0.166. The second-order valence-electron chi connectivity index (χ2n) is 8.49. The third-order valence-corrected chi connectivity index (χ3v) is 6.73. The monoisotopic (exact) mass is 417 g/mol. The van der Waals surface area contributed by atoms with Gasteiger partial charge in [-0.05, 0) is 67.1 Å². The molecule has 1 aliphatic heterocycles. The van der Waals surface area contributed by atoms with Crippen molar-refractivity contribution in [2.45, 2.75) is 18.9 Å². The number of benzene rings is 1. The van der Waals surface area contributed by atoms with Crippen LogP contribution in [0.5, 0.6) is 11.6 Å². The Balaban J connectivity index is 1.33. The smallest absolute Gasteiger partial charge is 0.213 e. The largest absolute Gasteiger partial charge is 0.507 e. The summed E-state index contributed by atoms with van der Waals surface area (Å²) < 4.78 is 5.19. The Kier molecular flexibility index (Phi) is 5.19. The Morgan fingerprint density at radius 3 is 2.45 bits per heavy atom. The number of aromatic nitrogens is 3. The molecular weight excluding hydrogens is 390 g/mol. The summed E-state index contributed by atoms with van der Waals surface area (Å²) in [6.45, 7) is 2.28. The van der Waals surface area contributed by atoms with Crippen LogP contribution in [-0.2, 0) is 0 Å². The quantitative estimate of drug-likeness (QED) is 0.659. The molecule has 2 aliphatic rings. The third kappa shape index (κ3) is 3.81. The second kappa shape index (κ2) is 8.15. The fourth-order valence-electron chi connectivity index (χ4n) is 4.91. The van der Waals surface area contributed by atoms with Gasteiger partial charge in [0, 0.05) is 30.9 Å². The molecule has 7 heteroatoms. The van der Waals surface area contributed by atoms with E-state index in [9.17, 15) is 5.11 Å². The van der Waals surface area contributed by atoms with Crippen LogP contribution in [0.25, 0.3) is 22.4 Å². The number of phenolic OH excluding ortho intramolecular Hbond substituents is 1. The van der Waals surface area contributed by atoms with Crippen LogP contribution in [0.3, 0.4) is 0 Å². The lowest BCUT2D eigenvalue weighted by atomic mass is 10.0. The maximum Gasteiger partial charge on any atom is 0.213 e. The van der Waals surface area contributed by atoms with E-state index >= 15 is 0 Å². The first-order chi connectivity index (χ1) is 15.1. The van der Waals surface area contributed by atoms with Crippen LogP contribution in [0.2, 0.25) is 0 Å². The zero-order valence-electron chi connectivity index (χ0n) is 17.8. The maximum absolute atomic E-state index is 10.6. The number of methoxy groups -OCH3 is 1. The third-order valence-electron chi connectivity index (χ3n) is 6.73. The first-order valence-electron chi connectivity index (χ1n) is 10.7. The highest BCUT2D eigenvalue weighted by atomic mass is 16.5. The summed E-state index contributed by atoms with van der Waals surface area (Å²) in [5.41, 5.74) is 3.12. The molecule has 3 aromatic rings. The fraction of sp³-hybridized carbons (Fsp3) is 0.375. The van der Waals surface area contributed by atoms with Crippen LogP contribution in [0.1, 0.15) is 12.8 Å². The van der Waals surface area contributed by atoms with E-state index in [0.29, 0.717) is 23.2 Å². The van der Waals surface area contributed by atoms with E-state index < -0.39 is 0 Å². The van der Waals surface area contributed by atoms with Crippen molar-refractivity contribution >= 4 is 5.82 Å². The standard InChI is InChI=1S/C24H27N5O2/c1-29(19-7-17-11-25-12-18(17)8-19)23-14-27-21(13-28-23)20-4-3-15(9-22(20)30)16-5-6-26-24(10-16)31-2/h3-6,9-10,13-14,17-19,25,30H,7-8,11-12H2,1-2H3/t17-,18+,19?. The van der Waals surface area contributed by atoms with E-state index in [1.165, 1.54) is 12.8 Å². The SMILES string of the molecule is COc1cc(-c2ccc(-c3cnc(N(C)C4C[C@H]5CNC[C@H]5C4)cn3)c(O)c2)ccn1. The fourth-order valence-corrected chi connectivity index (χ4v) is 4.91. The number of ether oxygens (including phenoxy) is 1. The minimum Gasteiger partial charge on any atom is -0.507 e. The van der Waals surface area contributed by atoms with Gasteiger partial charge in [-0.25, -0.2) is 9.97 Å². The number of rotatable bonds is 5. The zero-order chi connectivity index (χ0) is 21.4. The minimum atomic E-state index is 0.166. The molecule has 2 N–H and O–H groups in total. The predicted molar refractivity (Wildman–Crippen MR) is 120 cm³/mol. The summed E-state index contributed by atoms with van der Waals surface area (Å²) in [6, 6.07) is 9.80. The molecule has 2 aromatic heterocycles. The molecular formula is C24H27N5O2. The van der Waals surface area contributed by atoms with Crippen molar-refractivity contribution in [2.24, 2.45) is 11.8 Å². The normalized spacial score (nSPS) is 22.3. The number of nitrogens with zero attached hydrogens (tertiary/aromatic N) is 4. The van der Waals surface area contributed by atoms with Crippen molar-refractivity contribution in [3.63, 3.8) is 0 Å². The number of hydrogen-bond donors (Lipinski definition) is 2. The van der Waals surface area contributed by atoms with Gasteiger partial charge >= 0.3 is 0 Å². The maximum atomic E-state index is 10.6. The van der Waals surface area contributed by atoms with Gasteiger partial charge in [0.1, 0.15) is 11.6 Å². The Labute approximate surface area is 182 Å². The molecule has 1 saturated carbocycles. The van der Waals surface area contributed by atoms with Gasteiger partial charge in [0.15, 0.2) is 0 Å². The number of hydrogen-bond acceptors (Lipinski definition) is 7. The topological polar surface area (TPSA) is 83.4 Å². The van der Waals surface area contributed by atoms with Gasteiger partial charge in [0.25, 0.3) is 0 Å². The first kappa shape index (κ1) is 19.8. The average Bonchev–Trinajstić information content (AvgIpc) is 3.41. The summed E-state index contributed by atoms with van der Waals surface area (Å²) in [6.07, 6.45) is 7.66. The lowest BCUT2D eigenvalue weighted by molar-refractivity contribution is 0.398. The number of fused-ring (bicyclic) bond motifs is 1. The Morgan fingerprint density at radius 1 is 1.00 bits per heavy atom. The van der Waals surface area contributed by atoms with Gasteiger partial charge in [-0.2, -0.15) is 0 Å². The van der Waals surface area contributed by atoms with Crippen molar-refractivity contribution in [1.29, 1.82) is 0 Å². The summed E-state index contributed by atoms with van der Waals surface area (Å²) >= 11 is 0. The molecule has 1 unspecified atom stereocenters. The van der Waals surface area contributed by atoms with Gasteiger partial charge in [-0.3, -0.25) is 4.98 Å². The van der Waals surface area contributed by atoms with Crippen LogP contribution in [0.15, 0.2) is 48.9 Å². The highest BCUT2D eigenvalue weighted by Crippen LogP contribution is 2.38. The van der Waals surface area contributed by atoms with Crippen LogP contribution in [-0.4, -0.2) is 53.3 Å². The van der Waals surface area contributed by atoms with Crippen LogP contribution in [0.4, 0.5) is 5.82 Å². The molecule has 0 spiro atoms. The molecule has 160 valence electrons. The molecule has 1 aromatic carbocycles. The molecule has 31 heavy (non-hydrogen) atoms. The number of anilines is 1. The first-order valence-corrected chi connectivity index (χ1v) is 10.7. The predicted octanol–water partition coefficient (Wildman–Crippen LogP) is 3.35. The summed E-state index contributed by atoms with van der Waals surface area (Å²) in [5, 5.41) is 14.1. The number of aromatic hydroxyl groups is 1. The van der Waals surface area contributed by atoms with Crippen molar-refractivity contribution < 1.29 is 9.84 Å². The Bertz CT molecular complexity index is 1060. The lowest BCUT2D eigenvalue weighted by Crippen LogP contribution is -2.31. The van der Waals surface area contributed by atoms with E-state index in [2.05, 4.69) is 32.2 Å². The van der Waals surface area contributed by atoms with Crippen molar-refractivity contribution in [1.82, 2.24) is 20.3 Å². The Morgan fingerprint density at radius 2 is 1.77 bits per heavy atom. The van der Waals surface area contributed by atoms with E-state index in [0.717, 1.165) is 41.9 Å². The highest BCUT2D eigenvalue weighted by Gasteiger charge is 2.39. The molecule has 5 rings (SSSR count). The molecule has 1 saturated heterocycles. The zero-order valence-corrected chi connectivity index (χ0v) is 17.8. The van der Waals surface area contributed by atoms with Gasteiger partial charge < -0.3 is 20.1 Å². The highest BCUT2D eigenvalue weighted by molar-refractivity contribution is 5.74. The van der Waals surface area contributed by atoms with Crippen molar-refractivity contribution in [3.8, 4) is 34.0 Å². The molecule has 7 nitrogen and oxygen atoms in total. The average molecular weight is 418 g/mol. The molecule has 3 heterocycles. The number of phenols is 1. The molecule has 1 aliphatic carbocycles. The van der Waals surface area contributed by atoms with Gasteiger partial charge in [-0.15, -0.1) is 0 Å². The lowest BCUT2D eigenvalue weighted by Gasteiger charge is -2.26. The summed E-state index contributed by atoms with van der Waals surface area (Å²) in [5.74, 6) is 3.15. The molecule has 0 amide bonds. The van der Waals surface area contributed by atoms with Crippen molar-refractivity contribution in [3.05, 3.63) is 48.9 Å². The van der Waals surface area contributed by atoms with Gasteiger partial charge in [-0.1, -0.05) is 6.07 Å². The molecule has 0 bridgehead atoms. The summed E-state index contributed by atoms with van der Waals surface area (Å²) in [7, 11) is 3.69. The van der Waals surface area contributed by atoms with E-state index in [1.54, 1.807) is 25.6 Å². The van der Waals surface area contributed by atoms with Crippen LogP contribution < -0.4 is 15.0 Å². The number of pyridine rings is 1. The molecule has 2 fully saturated rings. The number of nitrogens with one attached hydrogen (secondary N) is 1. The van der Waals surface area contributed by atoms with Gasteiger partial charge in [0.05, 0.1) is 25.2 Å². The summed E-state index contributed by atoms with van der Waals surface area (Å²) in [4.78, 5) is 15.6. The van der Waals surface area contributed by atoms with Gasteiger partial charge in [0.2, 0.25) is 5.88 Å². The van der Waals surface area contributed by atoms with Crippen LogP contribution >= 0.6 is 0 Å². The van der Waals surface area contributed by atoms with E-state index in [1.807, 2.05) is 30.5 Å². The molecule has 0 radical (unpaired) electrons. The molecule has 3 atom stereocenters. The Hall–Kier alpha value is -3.19. The van der Waals surface area contributed by atoms with E-state index in [-0.39, 0.29) is 5.75 Å². The van der Waals surface area contributed by atoms with Crippen LogP contribution in [0, 0.1) is 11.8 Å².